The highest BCUT2D eigenvalue weighted by Crippen LogP contribution is 2.35. The van der Waals surface area contributed by atoms with Crippen LogP contribution in [0.5, 0.6) is 0 Å². The Hall–Kier alpha value is -0.850. The molecule has 0 bridgehead atoms. The van der Waals surface area contributed by atoms with Crippen molar-refractivity contribution < 1.29 is 19.4 Å². The van der Waals surface area contributed by atoms with Gasteiger partial charge in [0.15, 0.2) is 0 Å². The first-order chi connectivity index (χ1) is 11.1. The number of alkyl carbamates (subject to hydrolysis) is 1. The van der Waals surface area contributed by atoms with Gasteiger partial charge >= 0.3 is 6.09 Å². The molecule has 0 aromatic rings. The molecule has 134 valence electrons. The molecule has 0 aromatic heterocycles. The van der Waals surface area contributed by atoms with E-state index in [9.17, 15) is 9.90 Å². The lowest BCUT2D eigenvalue weighted by atomic mass is 9.76. The van der Waals surface area contributed by atoms with Crippen LogP contribution in [0.15, 0.2) is 0 Å². The van der Waals surface area contributed by atoms with Crippen LogP contribution in [-0.2, 0) is 9.47 Å². The summed E-state index contributed by atoms with van der Waals surface area (Å²) in [5.41, 5.74) is 0. The number of aliphatic hydroxyl groups is 1. The number of rotatable bonds is 6. The van der Waals surface area contributed by atoms with Crippen molar-refractivity contribution in [3.05, 3.63) is 0 Å². The van der Waals surface area contributed by atoms with Crippen LogP contribution < -0.4 is 10.6 Å². The minimum Gasteiger partial charge on any atom is -0.453 e. The molecule has 2 aliphatic carbocycles. The highest BCUT2D eigenvalue weighted by atomic mass is 16.6. The summed E-state index contributed by atoms with van der Waals surface area (Å²) in [5.74, 6) is 1.60. The van der Waals surface area contributed by atoms with E-state index >= 15 is 0 Å². The Morgan fingerprint density at radius 3 is 2.00 bits per heavy atom. The Morgan fingerprint density at radius 1 is 1.00 bits per heavy atom. The molecule has 2 saturated carbocycles. The van der Waals surface area contributed by atoms with Crippen molar-refractivity contribution in [2.45, 2.75) is 76.3 Å². The Labute approximate surface area is 139 Å². The van der Waals surface area contributed by atoms with Gasteiger partial charge in [0.1, 0.15) is 0 Å². The maximum atomic E-state index is 11.2. The van der Waals surface area contributed by atoms with Crippen molar-refractivity contribution in [3.63, 3.8) is 0 Å². The zero-order valence-electron chi connectivity index (χ0n) is 14.4. The third-order valence-corrected chi connectivity index (χ3v) is 5.47. The number of carbonyl (C=O) groups excluding carboxylic acids is 1. The molecule has 1 atom stereocenters. The first-order valence-electron chi connectivity index (χ1n) is 8.92. The van der Waals surface area contributed by atoms with Gasteiger partial charge in [0.25, 0.3) is 0 Å². The van der Waals surface area contributed by atoms with Gasteiger partial charge < -0.3 is 19.9 Å². The Morgan fingerprint density at radius 2 is 1.52 bits per heavy atom. The van der Waals surface area contributed by atoms with Gasteiger partial charge in [0.2, 0.25) is 6.41 Å². The van der Waals surface area contributed by atoms with E-state index < -0.39 is 6.41 Å². The van der Waals surface area contributed by atoms with Gasteiger partial charge in [0, 0.05) is 19.2 Å². The van der Waals surface area contributed by atoms with Crippen molar-refractivity contribution in [1.29, 1.82) is 0 Å². The van der Waals surface area contributed by atoms with E-state index in [0.717, 1.165) is 37.5 Å². The molecule has 2 fully saturated rings. The molecule has 6 nitrogen and oxygen atoms in total. The lowest BCUT2D eigenvalue weighted by molar-refractivity contribution is -0.106. The molecule has 3 N–H and O–H groups in total. The second-order valence-electron chi connectivity index (χ2n) is 7.06. The zero-order chi connectivity index (χ0) is 16.7. The van der Waals surface area contributed by atoms with E-state index in [1.807, 2.05) is 0 Å². The largest absolute Gasteiger partial charge is 0.453 e. The van der Waals surface area contributed by atoms with Crippen molar-refractivity contribution in [1.82, 2.24) is 10.6 Å². The second-order valence-corrected chi connectivity index (χ2v) is 7.06. The monoisotopic (exact) mass is 328 g/mol. The van der Waals surface area contributed by atoms with Gasteiger partial charge in [-0.3, -0.25) is 5.32 Å². The van der Waals surface area contributed by atoms with Crippen LogP contribution in [0.4, 0.5) is 4.79 Å². The van der Waals surface area contributed by atoms with Gasteiger partial charge in [0.05, 0.1) is 7.11 Å². The van der Waals surface area contributed by atoms with Gasteiger partial charge in [-0.25, -0.2) is 4.79 Å². The molecule has 2 aliphatic rings. The number of methoxy groups -OCH3 is 2. The molecule has 0 radical (unpaired) electrons. The van der Waals surface area contributed by atoms with Gasteiger partial charge in [-0.2, -0.15) is 0 Å². The van der Waals surface area contributed by atoms with Gasteiger partial charge in [-0.05, 0) is 69.6 Å². The summed E-state index contributed by atoms with van der Waals surface area (Å²) in [4.78, 5) is 11.2. The molecular formula is C17H32N2O4. The lowest BCUT2D eigenvalue weighted by Crippen LogP contribution is -2.41. The molecular weight excluding hydrogens is 296 g/mol. The lowest BCUT2D eigenvalue weighted by Gasteiger charge is -2.34. The molecule has 0 saturated heterocycles. The molecule has 23 heavy (non-hydrogen) atoms. The fourth-order valence-corrected chi connectivity index (χ4v) is 4.07. The van der Waals surface area contributed by atoms with E-state index in [1.54, 1.807) is 0 Å². The molecule has 1 unspecified atom stereocenters. The van der Waals surface area contributed by atoms with E-state index in [4.69, 9.17) is 4.74 Å². The minimum absolute atomic E-state index is 0.286. The molecule has 0 spiro atoms. The van der Waals surface area contributed by atoms with E-state index in [0.29, 0.717) is 6.04 Å². The van der Waals surface area contributed by atoms with Crippen molar-refractivity contribution >= 4 is 6.09 Å². The molecule has 0 heterocycles. The van der Waals surface area contributed by atoms with E-state index in [1.165, 1.54) is 46.3 Å². The zero-order valence-corrected chi connectivity index (χ0v) is 14.4. The normalized spacial score (nSPS) is 33.0. The molecule has 6 heteroatoms. The number of amides is 1. The van der Waals surface area contributed by atoms with Crippen molar-refractivity contribution in [2.75, 3.05) is 14.2 Å². The van der Waals surface area contributed by atoms with Gasteiger partial charge in [-0.1, -0.05) is 0 Å². The van der Waals surface area contributed by atoms with Crippen LogP contribution in [0.3, 0.4) is 0 Å². The first-order valence-corrected chi connectivity index (χ1v) is 8.92. The topological polar surface area (TPSA) is 79.8 Å². The maximum absolute atomic E-state index is 11.2. The number of hydrogen-bond acceptors (Lipinski definition) is 5. The summed E-state index contributed by atoms with van der Waals surface area (Å²) in [6.45, 7) is 0. The fourth-order valence-electron chi connectivity index (χ4n) is 4.07. The highest BCUT2D eigenvalue weighted by molar-refractivity contribution is 5.67. The summed E-state index contributed by atoms with van der Waals surface area (Å²) < 4.78 is 9.52. The standard InChI is InChI=1S/C17H32N2O4/c1-22-16(20)18-14-7-3-12(4-8-14)11-13-5-9-15(10-6-13)19-17(21)23-2/h12-16,18,20H,3-11H2,1-2H3,(H,19,21). The number of carbonyl (C=O) groups is 1. The summed E-state index contributed by atoms with van der Waals surface area (Å²) in [6, 6.07) is 0.662. The Balaban J connectivity index is 1.61. The molecule has 2 rings (SSSR count). The SMILES string of the molecule is COC(=O)NC1CCC(CC2CCC(NC(O)OC)CC2)CC1. The number of ether oxygens (including phenoxy) is 2. The fraction of sp³-hybridized carbons (Fsp3) is 0.941. The van der Waals surface area contributed by atoms with Gasteiger partial charge in [-0.15, -0.1) is 0 Å². The van der Waals surface area contributed by atoms with Crippen LogP contribution >= 0.6 is 0 Å². The summed E-state index contributed by atoms with van der Waals surface area (Å²) in [7, 11) is 2.92. The third-order valence-electron chi connectivity index (χ3n) is 5.47. The molecule has 0 aromatic carbocycles. The number of nitrogens with one attached hydrogen (secondary N) is 2. The van der Waals surface area contributed by atoms with Crippen LogP contribution in [0.25, 0.3) is 0 Å². The summed E-state index contributed by atoms with van der Waals surface area (Å²) >= 11 is 0. The van der Waals surface area contributed by atoms with Crippen molar-refractivity contribution in [2.24, 2.45) is 11.8 Å². The van der Waals surface area contributed by atoms with Crippen LogP contribution in [-0.4, -0.2) is 43.9 Å². The number of hydrogen-bond donors (Lipinski definition) is 3. The van der Waals surface area contributed by atoms with Crippen LogP contribution in [0.2, 0.25) is 0 Å². The predicted octanol–water partition coefficient (Wildman–Crippen LogP) is 2.36. The van der Waals surface area contributed by atoms with Crippen LogP contribution in [0.1, 0.15) is 57.8 Å². The van der Waals surface area contributed by atoms with E-state index in [-0.39, 0.29) is 12.1 Å². The first kappa shape index (κ1) is 18.5. The summed E-state index contributed by atoms with van der Waals surface area (Å²) in [6.07, 6.45) is 9.39. The molecule has 1 amide bonds. The highest BCUT2D eigenvalue weighted by Gasteiger charge is 2.28. The van der Waals surface area contributed by atoms with E-state index in [2.05, 4.69) is 15.4 Å². The quantitative estimate of drug-likeness (QED) is 0.652. The third kappa shape index (κ3) is 6.28. The molecule has 0 aliphatic heterocycles. The maximum Gasteiger partial charge on any atom is 0.407 e. The smallest absolute Gasteiger partial charge is 0.407 e. The number of aliphatic hydroxyl groups excluding tert-OH is 1. The van der Waals surface area contributed by atoms with Crippen molar-refractivity contribution in [3.8, 4) is 0 Å². The van der Waals surface area contributed by atoms with Crippen LogP contribution in [0, 0.1) is 11.8 Å². The average Bonchev–Trinajstić information content (AvgIpc) is 2.58. The second kappa shape index (κ2) is 9.45. The summed E-state index contributed by atoms with van der Waals surface area (Å²) in [5, 5.41) is 15.5. The minimum atomic E-state index is -0.839. The predicted molar refractivity (Wildman–Crippen MR) is 87.8 cm³/mol. The Bertz CT molecular complexity index is 351. The average molecular weight is 328 g/mol. The Kier molecular flexibility index (Phi) is 7.59.